The van der Waals surface area contributed by atoms with E-state index in [2.05, 4.69) is 0 Å². The summed E-state index contributed by atoms with van der Waals surface area (Å²) in [5.74, 6) is -3.23. The lowest BCUT2D eigenvalue weighted by atomic mass is 10.00. The smallest absolute Gasteiger partial charge is 0.448 e. The molecule has 0 aliphatic carbocycles. The first-order valence-electron chi connectivity index (χ1n) is 9.51. The molecule has 0 radical (unpaired) electrons. The third-order valence-corrected chi connectivity index (χ3v) is 5.59. The van der Waals surface area contributed by atoms with E-state index in [4.69, 9.17) is 23.7 Å². The van der Waals surface area contributed by atoms with Gasteiger partial charge in [0.05, 0.1) is 18.8 Å². The highest BCUT2D eigenvalue weighted by Gasteiger charge is 2.61. The van der Waals surface area contributed by atoms with E-state index in [9.17, 15) is 13.2 Å². The Morgan fingerprint density at radius 3 is 2.44 bits per heavy atom. The molecule has 4 rings (SSSR count). The monoisotopic (exact) mass is 396 g/mol. The molecule has 9 heteroatoms. The maximum absolute atomic E-state index is 15.2. The molecule has 0 spiro atoms. The Morgan fingerprint density at radius 2 is 1.81 bits per heavy atom. The maximum Gasteiger partial charge on any atom is 0.448 e. The number of halogens is 4. The van der Waals surface area contributed by atoms with Gasteiger partial charge in [-0.05, 0) is 31.8 Å². The highest BCUT2D eigenvalue weighted by Crippen LogP contribution is 2.45. The zero-order chi connectivity index (χ0) is 19.1. The Bertz CT molecular complexity index is 556. The van der Waals surface area contributed by atoms with Crippen molar-refractivity contribution in [3.8, 4) is 0 Å². The maximum atomic E-state index is 15.2. The SMILES string of the molecule is FC(F)(F)C(F)(CC1CCCO1)OC(C1CCCO1)C1CC2OCC=C2O1. The van der Waals surface area contributed by atoms with Crippen molar-refractivity contribution in [2.24, 2.45) is 0 Å². The number of hydrogen-bond donors (Lipinski definition) is 0. The van der Waals surface area contributed by atoms with Gasteiger partial charge in [-0.1, -0.05) is 0 Å². The summed E-state index contributed by atoms with van der Waals surface area (Å²) in [6.07, 6.45) is -5.46. The van der Waals surface area contributed by atoms with Crippen molar-refractivity contribution >= 4 is 0 Å². The van der Waals surface area contributed by atoms with Crippen molar-refractivity contribution in [1.82, 2.24) is 0 Å². The van der Waals surface area contributed by atoms with Crippen molar-refractivity contribution in [3.63, 3.8) is 0 Å². The molecule has 0 N–H and O–H groups in total. The lowest BCUT2D eigenvalue weighted by molar-refractivity contribution is -0.364. The van der Waals surface area contributed by atoms with Gasteiger partial charge in [0.15, 0.2) is 0 Å². The van der Waals surface area contributed by atoms with Crippen LogP contribution in [0.15, 0.2) is 11.8 Å². The highest BCUT2D eigenvalue weighted by atomic mass is 19.4. The molecule has 0 amide bonds. The number of rotatable bonds is 6. The van der Waals surface area contributed by atoms with Gasteiger partial charge in [-0.3, -0.25) is 0 Å². The van der Waals surface area contributed by atoms with Crippen molar-refractivity contribution in [1.29, 1.82) is 0 Å². The van der Waals surface area contributed by atoms with Crippen LogP contribution in [0.5, 0.6) is 0 Å². The first-order chi connectivity index (χ1) is 12.9. The summed E-state index contributed by atoms with van der Waals surface area (Å²) in [7, 11) is 0. The third-order valence-electron chi connectivity index (χ3n) is 5.59. The van der Waals surface area contributed by atoms with Gasteiger partial charge >= 0.3 is 12.0 Å². The first kappa shape index (κ1) is 19.4. The minimum absolute atomic E-state index is 0.305. The summed E-state index contributed by atoms with van der Waals surface area (Å²) >= 11 is 0. The van der Waals surface area contributed by atoms with Crippen LogP contribution in [0, 0.1) is 0 Å². The van der Waals surface area contributed by atoms with Crippen LogP contribution in [-0.4, -0.2) is 62.4 Å². The molecule has 4 aliphatic heterocycles. The molecule has 4 aliphatic rings. The normalized spacial score (nSPS) is 37.0. The fourth-order valence-electron chi connectivity index (χ4n) is 4.20. The molecule has 3 saturated heterocycles. The molecule has 0 aromatic carbocycles. The van der Waals surface area contributed by atoms with Gasteiger partial charge in [0.2, 0.25) is 0 Å². The van der Waals surface area contributed by atoms with E-state index in [1.807, 2.05) is 0 Å². The average molecular weight is 396 g/mol. The topological polar surface area (TPSA) is 46.2 Å². The van der Waals surface area contributed by atoms with Crippen LogP contribution in [0.4, 0.5) is 17.6 Å². The van der Waals surface area contributed by atoms with Crippen LogP contribution in [-0.2, 0) is 23.7 Å². The van der Waals surface area contributed by atoms with E-state index in [1.54, 1.807) is 6.08 Å². The first-order valence-corrected chi connectivity index (χ1v) is 9.51. The van der Waals surface area contributed by atoms with Gasteiger partial charge in [-0.25, -0.2) is 4.39 Å². The van der Waals surface area contributed by atoms with Gasteiger partial charge in [-0.2, -0.15) is 13.2 Å². The van der Waals surface area contributed by atoms with Crippen LogP contribution in [0.3, 0.4) is 0 Å². The van der Waals surface area contributed by atoms with E-state index >= 15 is 4.39 Å². The van der Waals surface area contributed by atoms with Crippen LogP contribution in [0.2, 0.25) is 0 Å². The summed E-state index contributed by atoms with van der Waals surface area (Å²) in [5, 5.41) is 0. The molecule has 154 valence electrons. The molecule has 0 aromatic rings. The van der Waals surface area contributed by atoms with Gasteiger partial charge in [0.1, 0.15) is 24.1 Å². The van der Waals surface area contributed by atoms with Crippen LogP contribution in [0.1, 0.15) is 38.5 Å². The number of fused-ring (bicyclic) bond motifs is 1. The molecule has 4 heterocycles. The largest absolute Gasteiger partial charge is 0.489 e. The van der Waals surface area contributed by atoms with Crippen molar-refractivity contribution in [3.05, 3.63) is 11.8 Å². The molecule has 6 atom stereocenters. The van der Waals surface area contributed by atoms with Crippen molar-refractivity contribution in [2.75, 3.05) is 19.8 Å². The second-order valence-corrected chi connectivity index (χ2v) is 7.52. The molecule has 5 nitrogen and oxygen atoms in total. The average Bonchev–Trinajstić information content (AvgIpc) is 3.35. The van der Waals surface area contributed by atoms with Gasteiger partial charge in [0, 0.05) is 26.1 Å². The van der Waals surface area contributed by atoms with Crippen molar-refractivity contribution in [2.45, 2.75) is 81.1 Å². The predicted octanol–water partition coefficient (Wildman–Crippen LogP) is 3.42. The van der Waals surface area contributed by atoms with E-state index in [1.165, 1.54) is 0 Å². The van der Waals surface area contributed by atoms with E-state index < -0.39 is 42.9 Å². The molecule has 27 heavy (non-hydrogen) atoms. The number of alkyl halides is 4. The minimum atomic E-state index is -5.18. The molecule has 0 aromatic heterocycles. The zero-order valence-electron chi connectivity index (χ0n) is 14.9. The Kier molecular flexibility index (Phi) is 5.39. The van der Waals surface area contributed by atoms with E-state index in [0.29, 0.717) is 57.7 Å². The second-order valence-electron chi connectivity index (χ2n) is 7.52. The fourth-order valence-corrected chi connectivity index (χ4v) is 4.20. The summed E-state index contributed by atoms with van der Waals surface area (Å²) < 4.78 is 83.4. The highest BCUT2D eigenvalue weighted by molar-refractivity contribution is 5.13. The van der Waals surface area contributed by atoms with E-state index in [0.717, 1.165) is 0 Å². The van der Waals surface area contributed by atoms with Gasteiger partial charge in [-0.15, -0.1) is 0 Å². The van der Waals surface area contributed by atoms with E-state index in [-0.39, 0.29) is 6.10 Å². The molecule has 0 saturated carbocycles. The molecular weight excluding hydrogens is 372 g/mol. The fraction of sp³-hybridized carbons (Fsp3) is 0.889. The van der Waals surface area contributed by atoms with Gasteiger partial charge < -0.3 is 23.7 Å². The summed E-state index contributed by atoms with van der Waals surface area (Å²) in [5.41, 5.74) is 0. The quantitative estimate of drug-likeness (QED) is 0.644. The lowest BCUT2D eigenvalue weighted by Crippen LogP contribution is -2.53. The predicted molar refractivity (Wildman–Crippen MR) is 84.6 cm³/mol. The Hall–Kier alpha value is -0.900. The third kappa shape index (κ3) is 3.97. The summed E-state index contributed by atoms with van der Waals surface area (Å²) in [6, 6.07) is 0. The second kappa shape index (κ2) is 7.50. The molecule has 6 unspecified atom stereocenters. The zero-order valence-corrected chi connectivity index (χ0v) is 14.9. The molecule has 3 fully saturated rings. The number of hydrogen-bond acceptors (Lipinski definition) is 5. The summed E-state index contributed by atoms with van der Waals surface area (Å²) in [6.45, 7) is 1.16. The van der Waals surface area contributed by atoms with Crippen LogP contribution >= 0.6 is 0 Å². The Morgan fingerprint density at radius 1 is 1.04 bits per heavy atom. The van der Waals surface area contributed by atoms with Crippen molar-refractivity contribution < 1.29 is 41.2 Å². The Labute approximate surface area is 154 Å². The number of ether oxygens (including phenoxy) is 5. The summed E-state index contributed by atoms with van der Waals surface area (Å²) in [4.78, 5) is 0. The lowest BCUT2D eigenvalue weighted by Gasteiger charge is -2.37. The van der Waals surface area contributed by atoms with Gasteiger partial charge in [0.25, 0.3) is 0 Å². The van der Waals surface area contributed by atoms with Crippen LogP contribution < -0.4 is 0 Å². The Balaban J connectivity index is 1.54. The minimum Gasteiger partial charge on any atom is -0.489 e. The standard InChI is InChI=1S/C18H24F4O5/c19-17(18(20,21)22,10-11-3-1-6-23-11)27-16(13-4-2-7-24-13)15-9-14-12(26-15)5-8-25-14/h5,11,13-16H,1-4,6-10H2. The molecular formula is C18H24F4O5. The molecule has 0 bridgehead atoms. The van der Waals surface area contributed by atoms with Crippen LogP contribution in [0.25, 0.3) is 0 Å².